The van der Waals surface area contributed by atoms with Crippen molar-refractivity contribution in [2.45, 2.75) is 19.9 Å². The Morgan fingerprint density at radius 3 is 2.58 bits per heavy atom. The van der Waals surface area contributed by atoms with Crippen LogP contribution in [0.15, 0.2) is 12.7 Å². The molecule has 12 heavy (non-hydrogen) atoms. The van der Waals surface area contributed by atoms with Crippen LogP contribution in [0.5, 0.6) is 0 Å². The maximum Gasteiger partial charge on any atom is 0.246 e. The molecule has 70 valence electrons. The van der Waals surface area contributed by atoms with Crippen molar-refractivity contribution >= 4 is 5.91 Å². The molecule has 0 aromatic carbocycles. The van der Waals surface area contributed by atoms with Crippen molar-refractivity contribution in [2.75, 3.05) is 20.3 Å². The average Bonchev–Trinajstić information content (AvgIpc) is 2.04. The highest BCUT2D eigenvalue weighted by Gasteiger charge is 2.12. The number of carbonyl (C=O) groups is 1. The van der Waals surface area contributed by atoms with Gasteiger partial charge in [0, 0.05) is 19.7 Å². The van der Waals surface area contributed by atoms with E-state index in [0.29, 0.717) is 13.2 Å². The third-order valence-corrected chi connectivity index (χ3v) is 1.62. The second kappa shape index (κ2) is 5.77. The van der Waals surface area contributed by atoms with E-state index < -0.39 is 0 Å². The van der Waals surface area contributed by atoms with Gasteiger partial charge in [0.1, 0.15) is 0 Å². The van der Waals surface area contributed by atoms with Gasteiger partial charge in [0.15, 0.2) is 0 Å². The lowest BCUT2D eigenvalue weighted by molar-refractivity contribution is -0.128. The molecule has 3 heteroatoms. The summed E-state index contributed by atoms with van der Waals surface area (Å²) >= 11 is 0. The minimum absolute atomic E-state index is 0.0398. The van der Waals surface area contributed by atoms with Crippen LogP contribution < -0.4 is 0 Å². The summed E-state index contributed by atoms with van der Waals surface area (Å²) in [6.07, 6.45) is 1.33. The Kier molecular flexibility index (Phi) is 5.37. The summed E-state index contributed by atoms with van der Waals surface area (Å²) in [5.74, 6) is -0.0398. The van der Waals surface area contributed by atoms with E-state index in [4.69, 9.17) is 4.74 Å². The fourth-order valence-electron chi connectivity index (χ4n) is 0.930. The molecule has 0 fully saturated rings. The van der Waals surface area contributed by atoms with E-state index in [-0.39, 0.29) is 11.9 Å². The van der Waals surface area contributed by atoms with Gasteiger partial charge in [-0.3, -0.25) is 4.79 Å². The van der Waals surface area contributed by atoms with E-state index in [9.17, 15) is 4.79 Å². The zero-order chi connectivity index (χ0) is 9.56. The van der Waals surface area contributed by atoms with E-state index in [1.807, 2.05) is 13.8 Å². The summed E-state index contributed by atoms with van der Waals surface area (Å²) in [5.41, 5.74) is 0. The van der Waals surface area contributed by atoms with Crippen LogP contribution in [-0.2, 0) is 9.53 Å². The number of amides is 1. The van der Waals surface area contributed by atoms with Gasteiger partial charge in [-0.05, 0) is 19.9 Å². The summed E-state index contributed by atoms with van der Waals surface area (Å²) in [5, 5.41) is 0. The van der Waals surface area contributed by atoms with Crippen molar-refractivity contribution in [3.8, 4) is 0 Å². The van der Waals surface area contributed by atoms with Crippen LogP contribution in [0, 0.1) is 0 Å². The van der Waals surface area contributed by atoms with Crippen LogP contribution in [0.4, 0.5) is 0 Å². The van der Waals surface area contributed by atoms with Crippen LogP contribution in [0.2, 0.25) is 0 Å². The molecule has 0 spiro atoms. The molecule has 0 N–H and O–H groups in total. The van der Waals surface area contributed by atoms with Gasteiger partial charge in [0.2, 0.25) is 5.91 Å². The minimum Gasteiger partial charge on any atom is -0.383 e. The van der Waals surface area contributed by atoms with Gasteiger partial charge >= 0.3 is 0 Å². The number of methoxy groups -OCH3 is 1. The number of nitrogens with zero attached hydrogens (tertiary/aromatic N) is 1. The number of carbonyl (C=O) groups excluding carboxylic acids is 1. The lowest BCUT2D eigenvalue weighted by atomic mass is 10.3. The minimum atomic E-state index is -0.0398. The lowest BCUT2D eigenvalue weighted by Crippen LogP contribution is -2.38. The molecule has 0 atom stereocenters. The lowest BCUT2D eigenvalue weighted by Gasteiger charge is -2.24. The van der Waals surface area contributed by atoms with E-state index >= 15 is 0 Å². The maximum atomic E-state index is 11.2. The fourth-order valence-corrected chi connectivity index (χ4v) is 0.930. The van der Waals surface area contributed by atoms with Crippen molar-refractivity contribution < 1.29 is 9.53 Å². The predicted molar refractivity (Wildman–Crippen MR) is 48.9 cm³/mol. The van der Waals surface area contributed by atoms with E-state index in [1.54, 1.807) is 12.0 Å². The number of ether oxygens (including phenoxy) is 1. The molecule has 0 aromatic rings. The molecule has 1 amide bonds. The summed E-state index contributed by atoms with van der Waals surface area (Å²) < 4.78 is 4.89. The van der Waals surface area contributed by atoms with Crippen LogP contribution in [0.1, 0.15) is 13.8 Å². The second-order valence-electron chi connectivity index (χ2n) is 2.82. The molecule has 0 heterocycles. The van der Waals surface area contributed by atoms with Crippen molar-refractivity contribution in [3.05, 3.63) is 12.7 Å². The Labute approximate surface area is 74.0 Å². The van der Waals surface area contributed by atoms with E-state index in [1.165, 1.54) is 6.08 Å². The third-order valence-electron chi connectivity index (χ3n) is 1.62. The smallest absolute Gasteiger partial charge is 0.246 e. The van der Waals surface area contributed by atoms with Crippen LogP contribution in [0.25, 0.3) is 0 Å². The second-order valence-corrected chi connectivity index (χ2v) is 2.82. The highest BCUT2D eigenvalue weighted by Crippen LogP contribution is 1.98. The first-order valence-electron chi connectivity index (χ1n) is 4.05. The summed E-state index contributed by atoms with van der Waals surface area (Å²) in [6, 6.07) is 0.200. The Morgan fingerprint density at radius 2 is 2.25 bits per heavy atom. The molecular weight excluding hydrogens is 154 g/mol. The first-order chi connectivity index (χ1) is 5.63. The number of hydrogen-bond acceptors (Lipinski definition) is 2. The molecule has 0 saturated carbocycles. The third kappa shape index (κ3) is 3.53. The molecular formula is C9H17NO2. The van der Waals surface area contributed by atoms with Gasteiger partial charge in [-0.25, -0.2) is 0 Å². The first kappa shape index (κ1) is 11.2. The first-order valence-corrected chi connectivity index (χ1v) is 4.05. The SMILES string of the molecule is C=CC(=O)N(CCOC)C(C)C. The molecule has 0 saturated heterocycles. The average molecular weight is 171 g/mol. The molecule has 0 aromatic heterocycles. The van der Waals surface area contributed by atoms with Gasteiger partial charge < -0.3 is 9.64 Å². The Balaban J connectivity index is 4.03. The Morgan fingerprint density at radius 1 is 1.67 bits per heavy atom. The van der Waals surface area contributed by atoms with Crippen molar-refractivity contribution in [3.63, 3.8) is 0 Å². The quantitative estimate of drug-likeness (QED) is 0.579. The van der Waals surface area contributed by atoms with Crippen LogP contribution >= 0.6 is 0 Å². The largest absolute Gasteiger partial charge is 0.383 e. The van der Waals surface area contributed by atoms with Gasteiger partial charge in [0.25, 0.3) is 0 Å². The predicted octanol–water partition coefficient (Wildman–Crippen LogP) is 1.06. The molecule has 3 nitrogen and oxygen atoms in total. The van der Waals surface area contributed by atoms with E-state index in [2.05, 4.69) is 6.58 Å². The van der Waals surface area contributed by atoms with Gasteiger partial charge in [-0.2, -0.15) is 0 Å². The summed E-state index contributed by atoms with van der Waals surface area (Å²) in [7, 11) is 1.62. The highest BCUT2D eigenvalue weighted by molar-refractivity contribution is 5.87. The molecule has 0 radical (unpaired) electrons. The highest BCUT2D eigenvalue weighted by atomic mass is 16.5. The molecule has 0 aliphatic rings. The monoisotopic (exact) mass is 171 g/mol. The number of hydrogen-bond donors (Lipinski definition) is 0. The molecule has 0 bridgehead atoms. The summed E-state index contributed by atoms with van der Waals surface area (Å²) in [6.45, 7) is 8.57. The van der Waals surface area contributed by atoms with Crippen molar-refractivity contribution in [1.82, 2.24) is 4.90 Å². The standard InChI is InChI=1S/C9H17NO2/c1-5-9(11)10(8(2)3)6-7-12-4/h5,8H,1,6-7H2,2-4H3. The Hall–Kier alpha value is -0.830. The van der Waals surface area contributed by atoms with Crippen LogP contribution in [-0.4, -0.2) is 37.1 Å². The number of rotatable bonds is 5. The van der Waals surface area contributed by atoms with Crippen LogP contribution in [0.3, 0.4) is 0 Å². The zero-order valence-electron chi connectivity index (χ0n) is 8.04. The normalized spacial score (nSPS) is 10.0. The van der Waals surface area contributed by atoms with Gasteiger partial charge in [-0.15, -0.1) is 0 Å². The fraction of sp³-hybridized carbons (Fsp3) is 0.667. The topological polar surface area (TPSA) is 29.5 Å². The van der Waals surface area contributed by atoms with Crippen molar-refractivity contribution in [2.24, 2.45) is 0 Å². The van der Waals surface area contributed by atoms with Gasteiger partial charge in [-0.1, -0.05) is 6.58 Å². The van der Waals surface area contributed by atoms with Gasteiger partial charge in [0.05, 0.1) is 6.61 Å². The van der Waals surface area contributed by atoms with E-state index in [0.717, 1.165) is 0 Å². The maximum absolute atomic E-state index is 11.2. The summed E-state index contributed by atoms with van der Waals surface area (Å²) in [4.78, 5) is 12.9. The molecule has 0 rings (SSSR count). The molecule has 0 aliphatic heterocycles. The molecule has 0 aliphatic carbocycles. The Bertz CT molecular complexity index is 155. The molecule has 0 unspecified atom stereocenters. The van der Waals surface area contributed by atoms with Crippen molar-refractivity contribution in [1.29, 1.82) is 0 Å². The zero-order valence-corrected chi connectivity index (χ0v) is 8.04.